The second-order valence-corrected chi connectivity index (χ2v) is 18.3. The van der Waals surface area contributed by atoms with Crippen molar-refractivity contribution in [1.29, 1.82) is 5.26 Å². The number of benzene rings is 7. The van der Waals surface area contributed by atoms with Gasteiger partial charge in [-0.2, -0.15) is 5.26 Å². The molecule has 0 spiro atoms. The van der Waals surface area contributed by atoms with Crippen LogP contribution in [0.3, 0.4) is 0 Å². The molecule has 0 N–H and O–H groups in total. The molecule has 0 radical (unpaired) electrons. The zero-order valence-corrected chi connectivity index (χ0v) is 41.2. The number of nitrogens with zero attached hydrogens (tertiary/aromatic N) is 12. The molecule has 0 aliphatic rings. The average Bonchev–Trinajstić information content (AvgIpc) is 4.21. The molecule has 0 amide bonds. The number of para-hydroxylation sites is 8. The summed E-state index contributed by atoms with van der Waals surface area (Å²) in [6.45, 7) is 0. The first-order chi connectivity index (χ1) is 36.7. The van der Waals surface area contributed by atoms with E-state index >= 15 is 0 Å². The highest BCUT2D eigenvalue weighted by Gasteiger charge is 2.21. The fourth-order valence-corrected chi connectivity index (χ4v) is 9.82. The molecule has 13 aromatic rings. The highest BCUT2D eigenvalue weighted by atomic mass is 16.5. The zero-order chi connectivity index (χ0) is 50.7. The summed E-state index contributed by atoms with van der Waals surface area (Å²) in [5.41, 5.74) is 13.2. The smallest absolute Gasteiger partial charge is 0.159 e. The monoisotopic (exact) mass is 976 g/mol. The van der Waals surface area contributed by atoms with E-state index in [1.54, 1.807) is 0 Å². The summed E-state index contributed by atoms with van der Waals surface area (Å²) >= 11 is 0. The Labute approximate surface area is 430 Å². The van der Waals surface area contributed by atoms with E-state index in [0.29, 0.717) is 74.6 Å². The molecule has 0 saturated carbocycles. The summed E-state index contributed by atoms with van der Waals surface area (Å²) in [5, 5.41) is 9.70. The van der Waals surface area contributed by atoms with E-state index in [-0.39, 0.29) is 0 Å². The number of aromatic nitrogens is 10. The molecule has 14 nitrogen and oxygen atoms in total. The van der Waals surface area contributed by atoms with Crippen LogP contribution in [0.2, 0.25) is 0 Å². The van der Waals surface area contributed by atoms with Crippen molar-refractivity contribution in [3.63, 3.8) is 0 Å². The van der Waals surface area contributed by atoms with Gasteiger partial charge in [0.1, 0.15) is 45.8 Å². The van der Waals surface area contributed by atoms with Gasteiger partial charge in [-0.3, -0.25) is 0 Å². The quantitative estimate of drug-likeness (QED) is 0.123. The molecule has 0 fully saturated rings. The molecule has 7 aromatic carbocycles. The second kappa shape index (κ2) is 18.0. The van der Waals surface area contributed by atoms with Crippen molar-refractivity contribution in [2.45, 2.75) is 0 Å². The SMILES string of the molecule is Cn1c(-c2cc(Oc3ccc(N(c4ccc(C#N)cc4)c4ccc(Oc5cc(-c6nc7ccccc7n6C)nc(-c6nc7ccccc7n6C)c5)cc4)cc3)cc(-c3nc4ccccc4n3C)n2)nc2ccccc21. The number of aryl methyl sites for hydroxylation is 4. The summed E-state index contributed by atoms with van der Waals surface area (Å²) in [6, 6.07) is 65.4. The van der Waals surface area contributed by atoms with Crippen LogP contribution >= 0.6 is 0 Å². The van der Waals surface area contributed by atoms with Gasteiger partial charge in [0.15, 0.2) is 23.3 Å². The summed E-state index contributed by atoms with van der Waals surface area (Å²) < 4.78 is 21.6. The molecular formula is C61H44N12O2. The van der Waals surface area contributed by atoms with Gasteiger partial charge in [-0.05, 0) is 121 Å². The van der Waals surface area contributed by atoms with Gasteiger partial charge in [0.05, 0.1) is 55.8 Å². The molecule has 6 aromatic heterocycles. The van der Waals surface area contributed by atoms with Crippen molar-refractivity contribution >= 4 is 61.2 Å². The number of hydrogen-bond acceptors (Lipinski definition) is 10. The van der Waals surface area contributed by atoms with Crippen molar-refractivity contribution in [2.75, 3.05) is 4.90 Å². The Bertz CT molecular complexity index is 3920. The largest absolute Gasteiger partial charge is 0.457 e. The molecule has 0 aliphatic heterocycles. The molecule has 0 atom stereocenters. The lowest BCUT2D eigenvalue weighted by molar-refractivity contribution is 0.482. The van der Waals surface area contributed by atoms with E-state index in [4.69, 9.17) is 39.4 Å². The Morgan fingerprint density at radius 2 is 0.627 bits per heavy atom. The Morgan fingerprint density at radius 1 is 0.347 bits per heavy atom. The molecule has 360 valence electrons. The normalized spacial score (nSPS) is 11.5. The molecular weight excluding hydrogens is 933 g/mol. The number of hydrogen-bond donors (Lipinski definition) is 0. The van der Waals surface area contributed by atoms with Crippen molar-refractivity contribution in [3.05, 3.63) is 200 Å². The first-order valence-electron chi connectivity index (χ1n) is 24.3. The van der Waals surface area contributed by atoms with Crippen LogP contribution in [0.25, 0.3) is 90.2 Å². The van der Waals surface area contributed by atoms with Crippen LogP contribution in [-0.2, 0) is 28.2 Å². The molecule has 13 rings (SSSR count). The van der Waals surface area contributed by atoms with Crippen LogP contribution in [-0.4, -0.2) is 48.2 Å². The van der Waals surface area contributed by atoms with E-state index in [0.717, 1.165) is 61.2 Å². The maximum atomic E-state index is 9.70. The summed E-state index contributed by atoms with van der Waals surface area (Å²) in [6.07, 6.45) is 0. The molecule has 0 bridgehead atoms. The third-order valence-corrected chi connectivity index (χ3v) is 13.6. The van der Waals surface area contributed by atoms with Gasteiger partial charge in [0.25, 0.3) is 0 Å². The van der Waals surface area contributed by atoms with Gasteiger partial charge in [-0.15, -0.1) is 0 Å². The number of rotatable bonds is 11. The second-order valence-electron chi connectivity index (χ2n) is 18.3. The Morgan fingerprint density at radius 3 is 0.907 bits per heavy atom. The minimum absolute atomic E-state index is 0.563. The Kier molecular flexibility index (Phi) is 10.7. The van der Waals surface area contributed by atoms with Gasteiger partial charge in [0, 0.05) is 69.5 Å². The van der Waals surface area contributed by atoms with Gasteiger partial charge < -0.3 is 32.6 Å². The summed E-state index contributed by atoms with van der Waals surface area (Å²) in [4.78, 5) is 32.3. The van der Waals surface area contributed by atoms with Crippen molar-refractivity contribution in [3.8, 4) is 75.1 Å². The highest BCUT2D eigenvalue weighted by molar-refractivity contribution is 5.85. The van der Waals surface area contributed by atoms with Crippen LogP contribution in [0, 0.1) is 11.3 Å². The maximum Gasteiger partial charge on any atom is 0.159 e. The number of pyridine rings is 2. The predicted octanol–water partition coefficient (Wildman–Crippen LogP) is 13.6. The minimum Gasteiger partial charge on any atom is -0.457 e. The first kappa shape index (κ1) is 44.5. The fraction of sp³-hybridized carbons (Fsp3) is 0.0656. The number of ether oxygens (including phenoxy) is 2. The lowest BCUT2D eigenvalue weighted by atomic mass is 10.1. The van der Waals surface area contributed by atoms with Gasteiger partial charge in [0.2, 0.25) is 0 Å². The van der Waals surface area contributed by atoms with E-state index < -0.39 is 0 Å². The highest BCUT2D eigenvalue weighted by Crippen LogP contribution is 2.40. The number of imidazole rings is 4. The summed E-state index contributed by atoms with van der Waals surface area (Å²) in [7, 11) is 7.98. The van der Waals surface area contributed by atoms with Gasteiger partial charge in [-0.1, -0.05) is 48.5 Å². The minimum atomic E-state index is 0.563. The van der Waals surface area contributed by atoms with Crippen molar-refractivity contribution in [2.24, 2.45) is 28.2 Å². The molecule has 0 unspecified atom stereocenters. The average molecular weight is 977 g/mol. The topological polar surface area (TPSA) is 143 Å². The lowest BCUT2D eigenvalue weighted by Crippen LogP contribution is -2.09. The third kappa shape index (κ3) is 8.01. The standard InChI is InChI=1S/C61H44N12O2/c1-69-54-17-9-5-13-46(54)65-58(69)50-33-44(34-51(63-50)59-66-47-14-6-10-18-55(47)70(59)2)74-42-29-25-40(26-30-42)73(39-23-21-38(37-62)22-24-39)41-27-31-43(32-28-41)75-45-35-52(60-67-48-15-7-11-19-56(48)71(60)3)64-53(36-45)61-68-49-16-8-12-20-57(49)72(61)4/h5-36H,1-4H3. The van der Waals surface area contributed by atoms with E-state index in [2.05, 4.69) is 11.0 Å². The van der Waals surface area contributed by atoms with E-state index in [1.807, 2.05) is 241 Å². The van der Waals surface area contributed by atoms with Crippen molar-refractivity contribution < 1.29 is 9.47 Å². The van der Waals surface area contributed by atoms with Crippen LogP contribution in [0.5, 0.6) is 23.0 Å². The van der Waals surface area contributed by atoms with Crippen molar-refractivity contribution in [1.82, 2.24) is 48.2 Å². The van der Waals surface area contributed by atoms with Crippen LogP contribution in [0.1, 0.15) is 5.56 Å². The Hall–Kier alpha value is -10.4. The van der Waals surface area contributed by atoms with Gasteiger partial charge in [-0.25, -0.2) is 29.9 Å². The molecule has 75 heavy (non-hydrogen) atoms. The number of nitriles is 1. The van der Waals surface area contributed by atoms with Crippen LogP contribution in [0.15, 0.2) is 194 Å². The van der Waals surface area contributed by atoms with E-state index in [1.165, 1.54) is 0 Å². The fourth-order valence-electron chi connectivity index (χ4n) is 9.82. The Balaban J connectivity index is 0.836. The maximum absolute atomic E-state index is 9.70. The van der Waals surface area contributed by atoms with E-state index in [9.17, 15) is 5.26 Å². The van der Waals surface area contributed by atoms with Gasteiger partial charge >= 0.3 is 0 Å². The predicted molar refractivity (Wildman–Crippen MR) is 293 cm³/mol. The first-order valence-corrected chi connectivity index (χ1v) is 24.3. The third-order valence-electron chi connectivity index (χ3n) is 13.6. The lowest BCUT2D eigenvalue weighted by Gasteiger charge is -2.26. The molecule has 0 aliphatic carbocycles. The molecule has 0 saturated heterocycles. The zero-order valence-electron chi connectivity index (χ0n) is 41.2. The van der Waals surface area contributed by atoms with Crippen LogP contribution < -0.4 is 14.4 Å². The summed E-state index contributed by atoms with van der Waals surface area (Å²) in [5.74, 6) is 5.23. The molecule has 6 heterocycles. The van der Waals surface area contributed by atoms with Crippen LogP contribution in [0.4, 0.5) is 17.1 Å². The number of anilines is 3. The number of fused-ring (bicyclic) bond motifs is 4. The molecule has 14 heteroatoms.